The van der Waals surface area contributed by atoms with E-state index in [2.05, 4.69) is 72.0 Å². The number of carbonyl (C=O) groups is 1. The van der Waals surface area contributed by atoms with Crippen molar-refractivity contribution in [2.75, 3.05) is 14.1 Å². The average Bonchev–Trinajstić information content (AvgIpc) is 3.52. The number of nitrogens with zero attached hydrogens (tertiary/aromatic N) is 1. The summed E-state index contributed by atoms with van der Waals surface area (Å²) in [6, 6.07) is 25.4. The Balaban J connectivity index is 1.44. The highest BCUT2D eigenvalue weighted by molar-refractivity contribution is 5.85. The maximum Gasteiger partial charge on any atom is 0.240 e. The molecule has 0 unspecified atom stereocenters. The molecule has 0 aromatic heterocycles. The number of benzene rings is 3. The van der Waals surface area contributed by atoms with Crippen LogP contribution in [0.3, 0.4) is 0 Å². The van der Waals surface area contributed by atoms with Gasteiger partial charge in [0.2, 0.25) is 5.91 Å². The van der Waals surface area contributed by atoms with Gasteiger partial charge in [-0.2, -0.15) is 0 Å². The molecule has 3 nitrogen and oxygen atoms in total. The Hall–Kier alpha value is -2.65. The Morgan fingerprint density at radius 1 is 1.04 bits per heavy atom. The summed E-state index contributed by atoms with van der Waals surface area (Å²) in [5.74, 6) is 0.646. The van der Waals surface area contributed by atoms with Gasteiger partial charge in [0.05, 0.1) is 6.04 Å². The molecule has 3 aromatic carbocycles. The van der Waals surface area contributed by atoms with Crippen LogP contribution in [-0.2, 0) is 11.2 Å². The van der Waals surface area contributed by atoms with Crippen molar-refractivity contribution in [3.8, 4) is 0 Å². The predicted octanol–water partition coefficient (Wildman–Crippen LogP) is 3.98. The predicted molar refractivity (Wildman–Crippen MR) is 111 cm³/mol. The van der Waals surface area contributed by atoms with E-state index in [1.807, 2.05) is 25.1 Å². The van der Waals surface area contributed by atoms with Crippen molar-refractivity contribution in [2.45, 2.75) is 30.8 Å². The highest BCUT2D eigenvalue weighted by atomic mass is 16.2. The molecule has 0 bridgehead atoms. The third kappa shape index (κ3) is 3.74. The highest BCUT2D eigenvalue weighted by Crippen LogP contribution is 2.44. The fourth-order valence-corrected chi connectivity index (χ4v) is 3.99. The van der Waals surface area contributed by atoms with Crippen LogP contribution >= 0.6 is 0 Å². The van der Waals surface area contributed by atoms with Gasteiger partial charge in [-0.3, -0.25) is 4.79 Å². The summed E-state index contributed by atoms with van der Waals surface area (Å²) in [4.78, 5) is 15.0. The van der Waals surface area contributed by atoms with Crippen molar-refractivity contribution in [3.05, 3.63) is 83.9 Å². The maximum absolute atomic E-state index is 13.1. The third-order valence-corrected chi connectivity index (χ3v) is 5.73. The van der Waals surface area contributed by atoms with Gasteiger partial charge in [-0.1, -0.05) is 72.8 Å². The van der Waals surface area contributed by atoms with Gasteiger partial charge in [0.1, 0.15) is 0 Å². The summed E-state index contributed by atoms with van der Waals surface area (Å²) in [5.41, 5.74) is 2.52. The molecule has 4 rings (SSSR count). The van der Waals surface area contributed by atoms with Gasteiger partial charge in [-0.15, -0.1) is 0 Å². The fourth-order valence-electron chi connectivity index (χ4n) is 3.99. The summed E-state index contributed by atoms with van der Waals surface area (Å²) in [6.45, 7) is 0. The zero-order chi connectivity index (χ0) is 18.8. The van der Waals surface area contributed by atoms with E-state index in [9.17, 15) is 4.79 Å². The normalized spacial score (nSPS) is 19.6. The van der Waals surface area contributed by atoms with Gasteiger partial charge in [0.15, 0.2) is 0 Å². The van der Waals surface area contributed by atoms with E-state index in [1.165, 1.54) is 21.9 Å². The largest absolute Gasteiger partial charge is 0.341 e. The second kappa shape index (κ2) is 7.53. The molecule has 1 N–H and O–H groups in total. The lowest BCUT2D eigenvalue weighted by Gasteiger charge is -2.24. The van der Waals surface area contributed by atoms with Crippen molar-refractivity contribution < 1.29 is 4.79 Å². The second-order valence-corrected chi connectivity index (χ2v) is 7.50. The van der Waals surface area contributed by atoms with Crippen LogP contribution in [-0.4, -0.2) is 37.0 Å². The van der Waals surface area contributed by atoms with E-state index in [4.69, 9.17) is 0 Å². The van der Waals surface area contributed by atoms with Crippen LogP contribution in [0.1, 0.15) is 23.5 Å². The van der Waals surface area contributed by atoms with Crippen molar-refractivity contribution in [3.63, 3.8) is 0 Å². The van der Waals surface area contributed by atoms with E-state index < -0.39 is 0 Å². The van der Waals surface area contributed by atoms with Crippen molar-refractivity contribution in [2.24, 2.45) is 0 Å². The number of hydrogen-bond acceptors (Lipinski definition) is 2. The number of carbonyl (C=O) groups excluding carboxylic acids is 1. The molecule has 0 aliphatic heterocycles. The lowest BCUT2D eigenvalue weighted by atomic mass is 10.0. The fraction of sp³-hybridized carbons (Fsp3) is 0.292. The molecule has 1 fully saturated rings. The Kier molecular flexibility index (Phi) is 4.95. The van der Waals surface area contributed by atoms with Crippen LogP contribution in [0.4, 0.5) is 0 Å². The first-order valence-corrected chi connectivity index (χ1v) is 9.64. The second-order valence-electron chi connectivity index (χ2n) is 7.50. The van der Waals surface area contributed by atoms with Gasteiger partial charge in [-0.25, -0.2) is 0 Å². The summed E-state index contributed by atoms with van der Waals surface area (Å²) >= 11 is 0. The number of hydrogen-bond donors (Lipinski definition) is 1. The molecule has 1 aliphatic carbocycles. The van der Waals surface area contributed by atoms with Crippen LogP contribution in [0, 0.1) is 0 Å². The SMILES string of the molecule is CN[C@H](Cc1ccc2ccccc2c1)C(=O)N(C)[C@@H]1C[C@H]1c1ccccc1. The van der Waals surface area contributed by atoms with Gasteiger partial charge < -0.3 is 10.2 Å². The molecule has 138 valence electrons. The average molecular weight is 358 g/mol. The lowest BCUT2D eigenvalue weighted by molar-refractivity contribution is -0.132. The van der Waals surface area contributed by atoms with E-state index in [0.717, 1.165) is 6.42 Å². The Bertz CT molecular complexity index is 937. The molecule has 3 heteroatoms. The summed E-state index contributed by atoms with van der Waals surface area (Å²) in [6.07, 6.45) is 1.76. The molecule has 0 radical (unpaired) electrons. The molecule has 1 aliphatic rings. The number of amides is 1. The van der Waals surface area contributed by atoms with E-state index in [0.29, 0.717) is 18.4 Å². The number of rotatable bonds is 6. The molecule has 1 saturated carbocycles. The van der Waals surface area contributed by atoms with E-state index >= 15 is 0 Å². The van der Waals surface area contributed by atoms with Crippen molar-refractivity contribution in [1.29, 1.82) is 0 Å². The Labute approximate surface area is 161 Å². The van der Waals surface area contributed by atoms with Crippen LogP contribution in [0.5, 0.6) is 0 Å². The first kappa shape index (κ1) is 17.7. The minimum atomic E-state index is -0.201. The molecular formula is C24H26N2O. The van der Waals surface area contributed by atoms with E-state index in [-0.39, 0.29) is 11.9 Å². The topological polar surface area (TPSA) is 32.3 Å². The zero-order valence-corrected chi connectivity index (χ0v) is 15.9. The molecule has 1 amide bonds. The minimum Gasteiger partial charge on any atom is -0.341 e. The summed E-state index contributed by atoms with van der Waals surface area (Å²) < 4.78 is 0. The summed E-state index contributed by atoms with van der Waals surface area (Å²) in [7, 11) is 3.82. The third-order valence-electron chi connectivity index (χ3n) is 5.73. The Morgan fingerprint density at radius 3 is 2.48 bits per heavy atom. The minimum absolute atomic E-state index is 0.175. The van der Waals surface area contributed by atoms with Crippen LogP contribution in [0.2, 0.25) is 0 Å². The van der Waals surface area contributed by atoms with Gasteiger partial charge >= 0.3 is 0 Å². The first-order valence-electron chi connectivity index (χ1n) is 9.64. The smallest absolute Gasteiger partial charge is 0.240 e. The van der Waals surface area contributed by atoms with Crippen molar-refractivity contribution in [1.82, 2.24) is 10.2 Å². The first-order chi connectivity index (χ1) is 13.2. The zero-order valence-electron chi connectivity index (χ0n) is 15.9. The molecule has 0 spiro atoms. The quantitative estimate of drug-likeness (QED) is 0.723. The van der Waals surface area contributed by atoms with Crippen LogP contribution < -0.4 is 5.32 Å². The molecule has 3 atom stereocenters. The van der Waals surface area contributed by atoms with Gasteiger partial charge in [-0.05, 0) is 41.8 Å². The lowest BCUT2D eigenvalue weighted by Crippen LogP contribution is -2.46. The highest BCUT2D eigenvalue weighted by Gasteiger charge is 2.44. The number of nitrogens with one attached hydrogen (secondary N) is 1. The maximum atomic E-state index is 13.1. The van der Waals surface area contributed by atoms with Gasteiger partial charge in [0.25, 0.3) is 0 Å². The molecule has 27 heavy (non-hydrogen) atoms. The van der Waals surface area contributed by atoms with Gasteiger partial charge in [0, 0.05) is 19.0 Å². The molecular weight excluding hydrogens is 332 g/mol. The monoisotopic (exact) mass is 358 g/mol. The van der Waals surface area contributed by atoms with E-state index in [1.54, 1.807) is 0 Å². The van der Waals surface area contributed by atoms with Crippen LogP contribution in [0.25, 0.3) is 10.8 Å². The standard InChI is InChI=1S/C24H26N2O/c1-25-22(15-17-12-13-18-8-6-7-11-20(18)14-17)24(27)26(2)23-16-21(23)19-9-4-3-5-10-19/h3-14,21-23,25H,15-16H2,1-2H3/t21-,22+,23+/m0/s1. The molecule has 3 aromatic rings. The number of fused-ring (bicyclic) bond motifs is 1. The Morgan fingerprint density at radius 2 is 1.74 bits per heavy atom. The van der Waals surface area contributed by atoms with Crippen molar-refractivity contribution >= 4 is 16.7 Å². The number of likely N-dealkylation sites (N-methyl/N-ethyl adjacent to an activating group) is 2. The molecule has 0 saturated heterocycles. The summed E-state index contributed by atoms with van der Waals surface area (Å²) in [5, 5.41) is 5.68. The van der Waals surface area contributed by atoms with Crippen LogP contribution in [0.15, 0.2) is 72.8 Å². The molecule has 0 heterocycles.